The van der Waals surface area contributed by atoms with Crippen LogP contribution in [0.15, 0.2) is 54.3 Å². The molecule has 13 heteroatoms. The lowest BCUT2D eigenvalue weighted by atomic mass is 9.87. The second-order valence-corrected chi connectivity index (χ2v) is 11.7. The fourth-order valence-electron chi connectivity index (χ4n) is 5.52. The minimum atomic E-state index is -1.48. The number of tetrazole rings is 1. The number of carbonyl (C=O) groups is 1. The van der Waals surface area contributed by atoms with E-state index in [-0.39, 0.29) is 30.8 Å². The largest absolute Gasteiger partial charge is 0.494 e. The molecule has 1 aliphatic heterocycles. The molecule has 2 aliphatic rings. The average Bonchev–Trinajstić information content (AvgIpc) is 3.37. The summed E-state index contributed by atoms with van der Waals surface area (Å²) in [6, 6.07) is 11.2. The number of hydrogen-bond acceptors (Lipinski definition) is 10. The highest BCUT2D eigenvalue weighted by Crippen LogP contribution is 2.50. The second kappa shape index (κ2) is 9.81. The summed E-state index contributed by atoms with van der Waals surface area (Å²) in [5.41, 5.74) is 2.71. The lowest BCUT2D eigenvalue weighted by Gasteiger charge is -2.30. The maximum atomic E-state index is 13.8. The number of nitrogens with one attached hydrogen (secondary N) is 1. The first-order chi connectivity index (χ1) is 20.3. The number of nitrogens with zero attached hydrogens (tertiary/aromatic N) is 6. The SMILES string of the molecule is COc1cc(C(=O)NC[C@](O)(c2cc3c(c(-c4ccc(F)cc4)n2)OC[C@]3(C)n2cnnn2)C2CC2)cc2scnc12. The van der Waals surface area contributed by atoms with Crippen LogP contribution in [0.3, 0.4) is 0 Å². The monoisotopic (exact) mass is 587 g/mol. The van der Waals surface area contributed by atoms with Gasteiger partial charge in [-0.25, -0.2) is 19.0 Å². The highest BCUT2D eigenvalue weighted by atomic mass is 32.1. The summed E-state index contributed by atoms with van der Waals surface area (Å²) in [5, 5.41) is 26.9. The fourth-order valence-corrected chi connectivity index (χ4v) is 6.25. The van der Waals surface area contributed by atoms with Crippen molar-refractivity contribution < 1.29 is 23.8 Å². The molecular weight excluding hydrogens is 561 g/mol. The molecule has 0 spiro atoms. The number of aromatic nitrogens is 6. The number of benzene rings is 2. The molecular formula is C29H26FN7O4S. The predicted molar refractivity (Wildman–Crippen MR) is 151 cm³/mol. The molecule has 2 N–H and O–H groups in total. The number of ether oxygens (including phenoxy) is 2. The van der Waals surface area contributed by atoms with E-state index in [0.29, 0.717) is 39.5 Å². The topological polar surface area (TPSA) is 137 Å². The highest BCUT2D eigenvalue weighted by molar-refractivity contribution is 7.16. The maximum Gasteiger partial charge on any atom is 0.251 e. The highest BCUT2D eigenvalue weighted by Gasteiger charge is 2.49. The fraction of sp³-hybridized carbons (Fsp3) is 0.310. The Morgan fingerprint density at radius 2 is 2.10 bits per heavy atom. The second-order valence-electron chi connectivity index (χ2n) is 10.8. The Bertz CT molecular complexity index is 1810. The van der Waals surface area contributed by atoms with Crippen LogP contribution < -0.4 is 14.8 Å². The number of pyridine rings is 1. The molecule has 7 rings (SSSR count). The van der Waals surface area contributed by atoms with Gasteiger partial charge < -0.3 is 19.9 Å². The Labute approximate surface area is 243 Å². The first-order valence-electron chi connectivity index (χ1n) is 13.4. The average molecular weight is 588 g/mol. The lowest BCUT2D eigenvalue weighted by molar-refractivity contribution is 0.00945. The molecule has 1 amide bonds. The van der Waals surface area contributed by atoms with E-state index in [4.69, 9.17) is 14.5 Å². The Morgan fingerprint density at radius 3 is 2.81 bits per heavy atom. The normalized spacial score (nSPS) is 19.2. The van der Waals surface area contributed by atoms with Gasteiger partial charge in [-0.1, -0.05) is 0 Å². The van der Waals surface area contributed by atoms with E-state index in [0.717, 1.165) is 23.1 Å². The number of rotatable bonds is 8. The summed E-state index contributed by atoms with van der Waals surface area (Å²) in [7, 11) is 1.53. The van der Waals surface area contributed by atoms with E-state index in [1.807, 2.05) is 13.0 Å². The van der Waals surface area contributed by atoms with Crippen LogP contribution in [0.2, 0.25) is 0 Å². The van der Waals surface area contributed by atoms with Gasteiger partial charge in [-0.05, 0) is 78.6 Å². The van der Waals surface area contributed by atoms with Gasteiger partial charge in [-0.2, -0.15) is 0 Å². The minimum absolute atomic E-state index is 0.0728. The summed E-state index contributed by atoms with van der Waals surface area (Å²) in [5.74, 6) is 0.156. The molecule has 214 valence electrons. The molecule has 2 atom stereocenters. The summed E-state index contributed by atoms with van der Waals surface area (Å²) < 4.78 is 27.9. The number of aliphatic hydroxyl groups is 1. The van der Waals surface area contributed by atoms with Gasteiger partial charge in [0.15, 0.2) is 5.75 Å². The predicted octanol–water partition coefficient (Wildman–Crippen LogP) is 3.68. The molecule has 0 bridgehead atoms. The molecule has 5 aromatic rings. The van der Waals surface area contributed by atoms with Gasteiger partial charge in [0.2, 0.25) is 0 Å². The van der Waals surface area contributed by atoms with Crippen LogP contribution in [0.4, 0.5) is 4.39 Å². The van der Waals surface area contributed by atoms with Crippen LogP contribution in [0, 0.1) is 11.7 Å². The molecule has 42 heavy (non-hydrogen) atoms. The Kier molecular flexibility index (Phi) is 6.17. The lowest BCUT2D eigenvalue weighted by Crippen LogP contribution is -2.43. The van der Waals surface area contributed by atoms with Crippen molar-refractivity contribution in [2.75, 3.05) is 20.3 Å². The Hall–Kier alpha value is -4.49. The van der Waals surface area contributed by atoms with Crippen molar-refractivity contribution in [1.82, 2.24) is 35.5 Å². The van der Waals surface area contributed by atoms with Gasteiger partial charge in [-0.3, -0.25) is 4.79 Å². The van der Waals surface area contributed by atoms with Crippen LogP contribution >= 0.6 is 11.3 Å². The summed E-state index contributed by atoms with van der Waals surface area (Å²) in [6.45, 7) is 2.10. The van der Waals surface area contributed by atoms with E-state index in [9.17, 15) is 14.3 Å². The van der Waals surface area contributed by atoms with Gasteiger partial charge in [-0.15, -0.1) is 16.4 Å². The van der Waals surface area contributed by atoms with E-state index >= 15 is 0 Å². The molecule has 11 nitrogen and oxygen atoms in total. The first-order valence-corrected chi connectivity index (χ1v) is 14.3. The van der Waals surface area contributed by atoms with Gasteiger partial charge >= 0.3 is 0 Å². The van der Waals surface area contributed by atoms with Crippen molar-refractivity contribution in [3.63, 3.8) is 0 Å². The van der Waals surface area contributed by atoms with Gasteiger partial charge in [0, 0.05) is 16.7 Å². The molecule has 4 heterocycles. The number of thiazole rings is 1. The van der Waals surface area contributed by atoms with E-state index in [2.05, 4.69) is 25.8 Å². The van der Waals surface area contributed by atoms with Crippen molar-refractivity contribution in [1.29, 1.82) is 0 Å². The molecule has 1 aliphatic carbocycles. The number of halogens is 1. The number of methoxy groups -OCH3 is 1. The number of hydrogen-bond donors (Lipinski definition) is 2. The third kappa shape index (κ3) is 4.27. The molecule has 2 aromatic carbocycles. The Morgan fingerprint density at radius 1 is 1.29 bits per heavy atom. The van der Waals surface area contributed by atoms with Crippen molar-refractivity contribution in [2.24, 2.45) is 5.92 Å². The maximum absolute atomic E-state index is 13.8. The third-order valence-corrected chi connectivity index (χ3v) is 8.90. The van der Waals surface area contributed by atoms with Crippen molar-refractivity contribution >= 4 is 27.5 Å². The molecule has 0 radical (unpaired) electrons. The quantitative estimate of drug-likeness (QED) is 0.279. The molecule has 3 aromatic heterocycles. The standard InChI is InChI=1S/C29H26FN7O4S/c1-28(37-14-33-35-36-37)13-41-26-20(28)11-23(34-24(26)16-3-7-19(30)8-4-16)29(39,18-5-6-18)12-31-27(38)17-9-21(40-2)25-22(10-17)42-15-32-25/h3-4,7-11,14-15,18,39H,5-6,12-13H2,1-2H3,(H,31,38)/t28-,29+/m0/s1. The van der Waals surface area contributed by atoms with Crippen LogP contribution in [-0.4, -0.2) is 61.5 Å². The molecule has 1 saturated carbocycles. The summed E-state index contributed by atoms with van der Waals surface area (Å²) >= 11 is 1.41. The van der Waals surface area contributed by atoms with Crippen LogP contribution in [0.25, 0.3) is 21.5 Å². The number of fused-ring (bicyclic) bond motifs is 2. The number of carbonyl (C=O) groups excluding carboxylic acids is 1. The van der Waals surface area contributed by atoms with Crippen LogP contribution in [-0.2, 0) is 11.1 Å². The zero-order chi connectivity index (χ0) is 29.1. The van der Waals surface area contributed by atoms with E-state index in [1.165, 1.54) is 36.9 Å². The molecule has 1 fully saturated rings. The third-order valence-electron chi connectivity index (χ3n) is 8.12. The first kappa shape index (κ1) is 26.4. The van der Waals surface area contributed by atoms with E-state index in [1.54, 1.807) is 34.5 Å². The number of amides is 1. The van der Waals surface area contributed by atoms with Crippen molar-refractivity contribution in [3.8, 4) is 22.8 Å². The zero-order valence-electron chi connectivity index (χ0n) is 22.7. The van der Waals surface area contributed by atoms with Gasteiger partial charge in [0.05, 0.1) is 29.6 Å². The van der Waals surface area contributed by atoms with Gasteiger partial charge in [0.25, 0.3) is 5.91 Å². The minimum Gasteiger partial charge on any atom is -0.494 e. The van der Waals surface area contributed by atoms with Crippen molar-refractivity contribution in [3.05, 3.63) is 76.9 Å². The smallest absolute Gasteiger partial charge is 0.251 e. The summed E-state index contributed by atoms with van der Waals surface area (Å²) in [6.07, 6.45) is 3.06. The van der Waals surface area contributed by atoms with Crippen LogP contribution in [0.1, 0.15) is 41.4 Å². The van der Waals surface area contributed by atoms with E-state index < -0.39 is 11.1 Å². The van der Waals surface area contributed by atoms with Crippen molar-refractivity contribution in [2.45, 2.75) is 30.9 Å². The van der Waals surface area contributed by atoms with Gasteiger partial charge in [0.1, 0.15) is 46.9 Å². The Balaban J connectivity index is 1.29. The zero-order valence-corrected chi connectivity index (χ0v) is 23.6. The van der Waals surface area contributed by atoms with Crippen LogP contribution in [0.5, 0.6) is 11.5 Å². The summed E-state index contributed by atoms with van der Waals surface area (Å²) in [4.78, 5) is 22.6. The molecule has 0 saturated heterocycles. The molecule has 0 unspecified atom stereocenters.